The van der Waals surface area contributed by atoms with E-state index < -0.39 is 5.60 Å². The SMILES string of the molecule is CN(C)c1nc(Cl)nc(NCC(C)(C)O)n1. The molecule has 7 heteroatoms. The molecule has 0 amide bonds. The van der Waals surface area contributed by atoms with Crippen molar-refractivity contribution in [1.29, 1.82) is 0 Å². The van der Waals surface area contributed by atoms with Crippen LogP contribution in [0.5, 0.6) is 0 Å². The molecule has 2 N–H and O–H groups in total. The maximum atomic E-state index is 9.55. The zero-order chi connectivity index (χ0) is 12.3. The first-order valence-corrected chi connectivity index (χ1v) is 5.21. The molecule has 1 aromatic rings. The van der Waals surface area contributed by atoms with Gasteiger partial charge >= 0.3 is 0 Å². The molecule has 0 fully saturated rings. The van der Waals surface area contributed by atoms with Crippen molar-refractivity contribution in [1.82, 2.24) is 15.0 Å². The highest BCUT2D eigenvalue weighted by molar-refractivity contribution is 6.28. The number of rotatable bonds is 4. The quantitative estimate of drug-likeness (QED) is 0.817. The monoisotopic (exact) mass is 245 g/mol. The lowest BCUT2D eigenvalue weighted by atomic mass is 10.1. The molecule has 0 aliphatic rings. The summed E-state index contributed by atoms with van der Waals surface area (Å²) in [5.41, 5.74) is -0.836. The van der Waals surface area contributed by atoms with Gasteiger partial charge in [-0.1, -0.05) is 0 Å². The van der Waals surface area contributed by atoms with Gasteiger partial charge in [0, 0.05) is 20.6 Å². The van der Waals surface area contributed by atoms with Crippen LogP contribution in [-0.4, -0.2) is 46.3 Å². The predicted octanol–water partition coefficient (Wildman–Crippen LogP) is 0.774. The summed E-state index contributed by atoms with van der Waals surface area (Å²) in [5, 5.41) is 12.6. The van der Waals surface area contributed by atoms with Crippen molar-refractivity contribution in [3.05, 3.63) is 5.28 Å². The third-order valence-corrected chi connectivity index (χ3v) is 1.84. The summed E-state index contributed by atoms with van der Waals surface area (Å²) in [6.45, 7) is 3.71. The van der Waals surface area contributed by atoms with E-state index >= 15 is 0 Å². The van der Waals surface area contributed by atoms with Gasteiger partial charge in [-0.3, -0.25) is 0 Å². The third-order valence-electron chi connectivity index (χ3n) is 1.68. The summed E-state index contributed by atoms with van der Waals surface area (Å²) in [6.07, 6.45) is 0. The molecule has 0 radical (unpaired) electrons. The molecule has 0 atom stereocenters. The maximum absolute atomic E-state index is 9.55. The largest absolute Gasteiger partial charge is 0.389 e. The topological polar surface area (TPSA) is 74.2 Å². The van der Waals surface area contributed by atoms with Crippen LogP contribution in [-0.2, 0) is 0 Å². The molecule has 16 heavy (non-hydrogen) atoms. The predicted molar refractivity (Wildman–Crippen MR) is 64.0 cm³/mol. The third kappa shape index (κ3) is 4.16. The highest BCUT2D eigenvalue weighted by Gasteiger charge is 2.13. The van der Waals surface area contributed by atoms with Gasteiger partial charge in [-0.15, -0.1) is 0 Å². The highest BCUT2D eigenvalue weighted by atomic mass is 35.5. The molecular weight excluding hydrogens is 230 g/mol. The van der Waals surface area contributed by atoms with Crippen LogP contribution in [0.25, 0.3) is 0 Å². The Hall–Kier alpha value is -1.14. The van der Waals surface area contributed by atoms with Crippen LogP contribution in [0.3, 0.4) is 0 Å². The number of aliphatic hydroxyl groups is 1. The number of anilines is 2. The Kier molecular flexibility index (Phi) is 3.88. The molecule has 6 nitrogen and oxygen atoms in total. The van der Waals surface area contributed by atoms with Crippen LogP contribution in [0.1, 0.15) is 13.8 Å². The van der Waals surface area contributed by atoms with Crippen molar-refractivity contribution in [2.45, 2.75) is 19.4 Å². The average Bonchev–Trinajstić information content (AvgIpc) is 2.13. The second-order valence-electron chi connectivity index (χ2n) is 4.29. The van der Waals surface area contributed by atoms with E-state index in [9.17, 15) is 5.11 Å². The van der Waals surface area contributed by atoms with E-state index in [4.69, 9.17) is 11.6 Å². The Morgan fingerprint density at radius 2 is 1.94 bits per heavy atom. The lowest BCUT2D eigenvalue weighted by molar-refractivity contribution is 0.0943. The van der Waals surface area contributed by atoms with Gasteiger partial charge in [0.05, 0.1) is 5.60 Å². The number of nitrogens with one attached hydrogen (secondary N) is 1. The van der Waals surface area contributed by atoms with E-state index in [1.54, 1.807) is 18.7 Å². The molecule has 0 aromatic carbocycles. The normalized spacial score (nSPS) is 11.4. The Morgan fingerprint density at radius 3 is 2.44 bits per heavy atom. The number of halogens is 1. The van der Waals surface area contributed by atoms with E-state index in [1.165, 1.54) is 0 Å². The number of hydrogen-bond donors (Lipinski definition) is 2. The van der Waals surface area contributed by atoms with Gasteiger partial charge in [-0.05, 0) is 25.4 Å². The van der Waals surface area contributed by atoms with Crippen LogP contribution < -0.4 is 10.2 Å². The van der Waals surface area contributed by atoms with Gasteiger partial charge in [-0.2, -0.15) is 15.0 Å². The fourth-order valence-corrected chi connectivity index (χ4v) is 1.07. The van der Waals surface area contributed by atoms with E-state index in [0.29, 0.717) is 18.4 Å². The minimum Gasteiger partial charge on any atom is -0.389 e. The number of nitrogens with zero attached hydrogens (tertiary/aromatic N) is 4. The lowest BCUT2D eigenvalue weighted by Gasteiger charge is -2.18. The molecule has 0 spiro atoms. The summed E-state index contributed by atoms with van der Waals surface area (Å²) >= 11 is 5.75. The summed E-state index contributed by atoms with van der Waals surface area (Å²) in [6, 6.07) is 0. The fourth-order valence-electron chi connectivity index (χ4n) is 0.914. The zero-order valence-electron chi connectivity index (χ0n) is 9.82. The highest BCUT2D eigenvalue weighted by Crippen LogP contribution is 2.12. The lowest BCUT2D eigenvalue weighted by Crippen LogP contribution is -2.30. The van der Waals surface area contributed by atoms with Crippen molar-refractivity contribution < 1.29 is 5.11 Å². The van der Waals surface area contributed by atoms with Crippen molar-refractivity contribution in [3.63, 3.8) is 0 Å². The first-order chi connectivity index (χ1) is 7.28. The molecule has 90 valence electrons. The average molecular weight is 246 g/mol. The van der Waals surface area contributed by atoms with E-state index in [-0.39, 0.29) is 5.28 Å². The Labute approximate surface area is 99.7 Å². The summed E-state index contributed by atoms with van der Waals surface area (Å²) in [4.78, 5) is 13.7. The van der Waals surface area contributed by atoms with Crippen LogP contribution in [0.4, 0.5) is 11.9 Å². The van der Waals surface area contributed by atoms with Crippen LogP contribution >= 0.6 is 11.6 Å². The van der Waals surface area contributed by atoms with Crippen LogP contribution in [0.15, 0.2) is 0 Å². The summed E-state index contributed by atoms with van der Waals surface area (Å²) in [7, 11) is 3.62. The molecule has 0 aliphatic carbocycles. The second kappa shape index (κ2) is 4.80. The first-order valence-electron chi connectivity index (χ1n) is 4.83. The molecule has 1 aromatic heterocycles. The summed E-state index contributed by atoms with van der Waals surface area (Å²) in [5.74, 6) is 0.823. The smallest absolute Gasteiger partial charge is 0.230 e. The fraction of sp³-hybridized carbons (Fsp3) is 0.667. The maximum Gasteiger partial charge on any atom is 0.230 e. The Balaban J connectivity index is 2.81. The number of hydrogen-bond acceptors (Lipinski definition) is 6. The second-order valence-corrected chi connectivity index (χ2v) is 4.63. The van der Waals surface area contributed by atoms with Crippen LogP contribution in [0.2, 0.25) is 5.28 Å². The van der Waals surface area contributed by atoms with E-state index in [1.807, 2.05) is 14.1 Å². The van der Waals surface area contributed by atoms with Gasteiger partial charge in [0.15, 0.2) is 0 Å². The molecule has 0 unspecified atom stereocenters. The molecule has 0 aliphatic heterocycles. The van der Waals surface area contributed by atoms with Gasteiger partial charge in [0.2, 0.25) is 17.2 Å². The van der Waals surface area contributed by atoms with Gasteiger partial charge in [0.1, 0.15) is 0 Å². The zero-order valence-corrected chi connectivity index (χ0v) is 10.6. The summed E-state index contributed by atoms with van der Waals surface area (Å²) < 4.78 is 0. The first kappa shape index (κ1) is 12.9. The van der Waals surface area contributed by atoms with Crippen molar-refractivity contribution in [3.8, 4) is 0 Å². The Bertz CT molecular complexity index is 363. The molecule has 1 rings (SSSR count). The minimum absolute atomic E-state index is 0.122. The van der Waals surface area contributed by atoms with Crippen molar-refractivity contribution >= 4 is 23.5 Å². The molecule has 1 heterocycles. The molecular formula is C9H16ClN5O. The molecule has 0 saturated carbocycles. The van der Waals surface area contributed by atoms with Crippen LogP contribution in [0, 0.1) is 0 Å². The molecule has 0 saturated heterocycles. The number of aromatic nitrogens is 3. The van der Waals surface area contributed by atoms with E-state index in [2.05, 4.69) is 20.3 Å². The van der Waals surface area contributed by atoms with Crippen molar-refractivity contribution in [2.75, 3.05) is 30.9 Å². The van der Waals surface area contributed by atoms with Gasteiger partial charge in [-0.25, -0.2) is 0 Å². The van der Waals surface area contributed by atoms with Gasteiger partial charge in [0.25, 0.3) is 0 Å². The Morgan fingerprint density at radius 1 is 1.31 bits per heavy atom. The van der Waals surface area contributed by atoms with E-state index in [0.717, 1.165) is 0 Å². The molecule has 0 bridgehead atoms. The van der Waals surface area contributed by atoms with Gasteiger partial charge < -0.3 is 15.3 Å². The van der Waals surface area contributed by atoms with Crippen molar-refractivity contribution in [2.24, 2.45) is 0 Å². The minimum atomic E-state index is -0.836. The standard InChI is InChI=1S/C9H16ClN5O/c1-9(2,16)5-11-7-12-6(10)13-8(14-7)15(3)4/h16H,5H2,1-4H3,(H,11,12,13,14).